The zero-order chi connectivity index (χ0) is 15.0. The van der Waals surface area contributed by atoms with Gasteiger partial charge >= 0.3 is 0 Å². The molecule has 2 heterocycles. The number of aryl methyl sites for hydroxylation is 3. The number of hydrogen-bond donors (Lipinski definition) is 1. The van der Waals surface area contributed by atoms with Crippen LogP contribution in [0.2, 0.25) is 5.15 Å². The second-order valence-electron chi connectivity index (χ2n) is 5.01. The first-order valence-corrected chi connectivity index (χ1v) is 7.98. The van der Waals surface area contributed by atoms with Crippen LogP contribution in [0.4, 0.5) is 0 Å². The van der Waals surface area contributed by atoms with Gasteiger partial charge in [-0.3, -0.25) is 5.10 Å². The van der Waals surface area contributed by atoms with Crippen LogP contribution in [0.1, 0.15) is 22.5 Å². The number of rotatable bonds is 3. The average molecular weight is 319 g/mol. The van der Waals surface area contributed by atoms with E-state index in [1.807, 2.05) is 6.92 Å². The van der Waals surface area contributed by atoms with Crippen molar-refractivity contribution in [3.63, 3.8) is 0 Å². The number of fused-ring (bicyclic) bond motifs is 1. The van der Waals surface area contributed by atoms with Crippen LogP contribution in [-0.2, 0) is 5.75 Å². The number of H-pyrrole nitrogens is 1. The van der Waals surface area contributed by atoms with Gasteiger partial charge in [-0.15, -0.1) is 5.10 Å². The molecule has 2 aromatic heterocycles. The van der Waals surface area contributed by atoms with Crippen molar-refractivity contribution in [1.82, 2.24) is 20.2 Å². The molecule has 1 N–H and O–H groups in total. The summed E-state index contributed by atoms with van der Waals surface area (Å²) in [7, 11) is 0. The molecule has 1 aromatic carbocycles. The van der Waals surface area contributed by atoms with E-state index in [0.717, 1.165) is 27.4 Å². The molecule has 0 bridgehead atoms. The van der Waals surface area contributed by atoms with Crippen LogP contribution in [0.15, 0.2) is 23.4 Å². The third-order valence-electron chi connectivity index (χ3n) is 3.47. The lowest BCUT2D eigenvalue weighted by Crippen LogP contribution is -1.93. The van der Waals surface area contributed by atoms with Gasteiger partial charge in [0.2, 0.25) is 5.16 Å². The largest absolute Gasteiger partial charge is 0.262 e. The number of aromatic amines is 1. The lowest BCUT2D eigenvalue weighted by Gasteiger charge is -2.08. The topological polar surface area (TPSA) is 54.5 Å². The Hall–Kier alpha value is -1.59. The van der Waals surface area contributed by atoms with Crippen LogP contribution in [0.25, 0.3) is 10.9 Å². The van der Waals surface area contributed by atoms with E-state index in [1.54, 1.807) is 11.8 Å². The molecule has 6 heteroatoms. The van der Waals surface area contributed by atoms with E-state index in [9.17, 15) is 0 Å². The quantitative estimate of drug-likeness (QED) is 0.580. The molecule has 0 atom stereocenters. The van der Waals surface area contributed by atoms with Crippen LogP contribution in [0, 0.1) is 20.8 Å². The summed E-state index contributed by atoms with van der Waals surface area (Å²) in [5.41, 5.74) is 4.38. The fourth-order valence-electron chi connectivity index (χ4n) is 2.13. The highest BCUT2D eigenvalue weighted by Crippen LogP contribution is 2.28. The van der Waals surface area contributed by atoms with Crippen LogP contribution < -0.4 is 0 Å². The molecule has 108 valence electrons. The third kappa shape index (κ3) is 2.89. The van der Waals surface area contributed by atoms with Crippen LogP contribution >= 0.6 is 23.4 Å². The molecule has 0 saturated heterocycles. The number of benzene rings is 1. The Labute approximate surface area is 132 Å². The smallest absolute Gasteiger partial charge is 0.208 e. The molecule has 0 radical (unpaired) electrons. The average Bonchev–Trinajstić information content (AvgIpc) is 2.87. The predicted octanol–water partition coefficient (Wildman–Crippen LogP) is 4.22. The molecule has 0 fully saturated rings. The van der Waals surface area contributed by atoms with Gasteiger partial charge in [0.15, 0.2) is 0 Å². The van der Waals surface area contributed by atoms with Crippen molar-refractivity contribution in [2.45, 2.75) is 31.7 Å². The van der Waals surface area contributed by atoms with E-state index in [0.29, 0.717) is 10.9 Å². The Balaban J connectivity index is 1.92. The second-order valence-corrected chi connectivity index (χ2v) is 6.31. The normalized spacial score (nSPS) is 11.2. The van der Waals surface area contributed by atoms with E-state index < -0.39 is 0 Å². The molecule has 0 amide bonds. The van der Waals surface area contributed by atoms with Gasteiger partial charge in [-0.25, -0.2) is 9.97 Å². The lowest BCUT2D eigenvalue weighted by molar-refractivity contribution is 0.969. The first-order valence-electron chi connectivity index (χ1n) is 6.62. The molecule has 0 unspecified atom stereocenters. The van der Waals surface area contributed by atoms with Crippen LogP contribution in [0.3, 0.4) is 0 Å². The van der Waals surface area contributed by atoms with Crippen molar-refractivity contribution in [3.05, 3.63) is 45.9 Å². The summed E-state index contributed by atoms with van der Waals surface area (Å²) in [4.78, 5) is 8.83. The minimum atomic E-state index is 0.552. The predicted molar refractivity (Wildman–Crippen MR) is 86.9 cm³/mol. The molecule has 4 nitrogen and oxygen atoms in total. The number of nitrogens with zero attached hydrogens (tertiary/aromatic N) is 3. The molecular formula is C15H15ClN4S. The molecule has 0 aliphatic rings. The Morgan fingerprint density at radius 3 is 2.71 bits per heavy atom. The van der Waals surface area contributed by atoms with Crippen molar-refractivity contribution >= 4 is 34.3 Å². The van der Waals surface area contributed by atoms with E-state index in [1.165, 1.54) is 11.1 Å². The van der Waals surface area contributed by atoms with Crippen molar-refractivity contribution in [1.29, 1.82) is 0 Å². The van der Waals surface area contributed by atoms with Gasteiger partial charge in [-0.2, -0.15) is 0 Å². The standard InChI is InChI=1S/C15H15ClN4S/c1-8-4-5-11-6-12(14(16)18-13(11)9(8)2)7-21-15-17-10(3)19-20-15/h4-6H,7H2,1-3H3,(H,17,19,20). The van der Waals surface area contributed by atoms with Crippen molar-refractivity contribution in [2.75, 3.05) is 0 Å². The third-order valence-corrected chi connectivity index (χ3v) is 4.69. The summed E-state index contributed by atoms with van der Waals surface area (Å²) in [6.45, 7) is 6.04. The van der Waals surface area contributed by atoms with Gasteiger partial charge in [0, 0.05) is 16.7 Å². The molecule has 3 rings (SSSR count). The molecule has 0 aliphatic carbocycles. The highest BCUT2D eigenvalue weighted by Gasteiger charge is 2.10. The number of pyridine rings is 1. The lowest BCUT2D eigenvalue weighted by atomic mass is 10.0. The Kier molecular flexibility index (Phi) is 3.87. The van der Waals surface area contributed by atoms with Gasteiger partial charge in [-0.1, -0.05) is 35.5 Å². The molecule has 0 aliphatic heterocycles. The van der Waals surface area contributed by atoms with Gasteiger partial charge in [0.05, 0.1) is 5.52 Å². The summed E-state index contributed by atoms with van der Waals surface area (Å²) in [6, 6.07) is 6.30. The van der Waals surface area contributed by atoms with Gasteiger partial charge in [-0.05, 0) is 38.0 Å². The fraction of sp³-hybridized carbons (Fsp3) is 0.267. The van der Waals surface area contributed by atoms with E-state index >= 15 is 0 Å². The Morgan fingerprint density at radius 2 is 2.00 bits per heavy atom. The van der Waals surface area contributed by atoms with Crippen molar-refractivity contribution in [2.24, 2.45) is 0 Å². The first kappa shape index (κ1) is 14.4. The SMILES string of the molecule is Cc1nc(SCc2cc3ccc(C)c(C)c3nc2Cl)n[nH]1. The Morgan fingerprint density at radius 1 is 1.19 bits per heavy atom. The minimum Gasteiger partial charge on any atom is -0.262 e. The summed E-state index contributed by atoms with van der Waals surface area (Å²) in [6.07, 6.45) is 0. The molecule has 21 heavy (non-hydrogen) atoms. The van der Waals surface area contributed by atoms with Crippen LogP contribution in [-0.4, -0.2) is 20.2 Å². The second kappa shape index (κ2) is 5.66. The van der Waals surface area contributed by atoms with E-state index in [4.69, 9.17) is 11.6 Å². The summed E-state index contributed by atoms with van der Waals surface area (Å²) >= 11 is 7.87. The van der Waals surface area contributed by atoms with Crippen molar-refractivity contribution in [3.8, 4) is 0 Å². The number of aromatic nitrogens is 4. The maximum Gasteiger partial charge on any atom is 0.208 e. The maximum atomic E-state index is 6.33. The zero-order valence-corrected chi connectivity index (χ0v) is 13.6. The maximum absolute atomic E-state index is 6.33. The number of thioether (sulfide) groups is 1. The highest BCUT2D eigenvalue weighted by atomic mass is 35.5. The minimum absolute atomic E-state index is 0.552. The summed E-state index contributed by atoms with van der Waals surface area (Å²) in [5.74, 6) is 1.51. The number of hydrogen-bond acceptors (Lipinski definition) is 4. The van der Waals surface area contributed by atoms with Crippen molar-refractivity contribution < 1.29 is 0 Å². The van der Waals surface area contributed by atoms with Gasteiger partial charge in [0.25, 0.3) is 0 Å². The van der Waals surface area contributed by atoms with E-state index in [-0.39, 0.29) is 0 Å². The van der Waals surface area contributed by atoms with E-state index in [2.05, 4.69) is 52.2 Å². The zero-order valence-electron chi connectivity index (χ0n) is 12.1. The number of halogens is 1. The first-order chi connectivity index (χ1) is 10.0. The van der Waals surface area contributed by atoms with Gasteiger partial charge in [0.1, 0.15) is 11.0 Å². The monoisotopic (exact) mass is 318 g/mol. The molecule has 3 aromatic rings. The fourth-order valence-corrected chi connectivity index (χ4v) is 3.24. The van der Waals surface area contributed by atoms with Crippen LogP contribution in [0.5, 0.6) is 0 Å². The highest BCUT2D eigenvalue weighted by molar-refractivity contribution is 7.98. The van der Waals surface area contributed by atoms with Gasteiger partial charge < -0.3 is 0 Å². The summed E-state index contributed by atoms with van der Waals surface area (Å²) < 4.78 is 0. The molecule has 0 spiro atoms. The number of nitrogens with one attached hydrogen (secondary N) is 1. The Bertz CT molecular complexity index is 813. The molecule has 0 saturated carbocycles. The molecular weight excluding hydrogens is 304 g/mol. The summed E-state index contributed by atoms with van der Waals surface area (Å²) in [5, 5.41) is 9.34.